The fourth-order valence-electron chi connectivity index (χ4n) is 1.71. The van der Waals surface area contributed by atoms with Gasteiger partial charge in [-0.3, -0.25) is 4.79 Å². The van der Waals surface area contributed by atoms with Gasteiger partial charge in [-0.15, -0.1) is 0 Å². The van der Waals surface area contributed by atoms with Crippen molar-refractivity contribution in [1.82, 2.24) is 0 Å². The van der Waals surface area contributed by atoms with Crippen LogP contribution in [0.4, 0.5) is 5.69 Å². The summed E-state index contributed by atoms with van der Waals surface area (Å²) in [4.78, 5) is 22.8. The molecule has 2 aromatic rings. The molecular formula is C16H13NO4. The van der Waals surface area contributed by atoms with Crippen molar-refractivity contribution in [3.8, 4) is 5.75 Å². The number of aromatic hydroxyl groups is 1. The van der Waals surface area contributed by atoms with E-state index in [1.807, 2.05) is 0 Å². The SMILES string of the molecule is O=C(/C=C/c1ccc(O)cc1)Nc1ccccc1C(=O)O. The number of carbonyl (C=O) groups is 2. The highest BCUT2D eigenvalue weighted by molar-refractivity contribution is 6.06. The Morgan fingerprint density at radius 2 is 1.67 bits per heavy atom. The summed E-state index contributed by atoms with van der Waals surface area (Å²) < 4.78 is 0. The van der Waals surface area contributed by atoms with Gasteiger partial charge in [0, 0.05) is 6.08 Å². The van der Waals surface area contributed by atoms with Crippen molar-refractivity contribution in [3.63, 3.8) is 0 Å². The number of amides is 1. The lowest BCUT2D eigenvalue weighted by Gasteiger charge is -2.05. The molecule has 0 saturated carbocycles. The maximum atomic E-state index is 11.8. The van der Waals surface area contributed by atoms with Crippen LogP contribution < -0.4 is 5.32 Å². The lowest BCUT2D eigenvalue weighted by molar-refractivity contribution is -0.111. The van der Waals surface area contributed by atoms with E-state index in [2.05, 4.69) is 5.32 Å². The molecule has 0 spiro atoms. The highest BCUT2D eigenvalue weighted by Gasteiger charge is 2.09. The Kier molecular flexibility index (Phi) is 4.36. The van der Waals surface area contributed by atoms with Gasteiger partial charge in [-0.2, -0.15) is 0 Å². The van der Waals surface area contributed by atoms with E-state index in [0.717, 1.165) is 5.56 Å². The zero-order chi connectivity index (χ0) is 15.2. The molecule has 21 heavy (non-hydrogen) atoms. The number of para-hydroxylation sites is 1. The van der Waals surface area contributed by atoms with Gasteiger partial charge < -0.3 is 15.5 Å². The van der Waals surface area contributed by atoms with Gasteiger partial charge in [0.2, 0.25) is 5.91 Å². The normalized spacial score (nSPS) is 10.5. The molecular weight excluding hydrogens is 270 g/mol. The predicted octanol–water partition coefficient (Wildman–Crippen LogP) is 2.74. The van der Waals surface area contributed by atoms with Crippen LogP contribution in [-0.4, -0.2) is 22.1 Å². The molecule has 0 fully saturated rings. The molecule has 0 aromatic heterocycles. The van der Waals surface area contributed by atoms with Crippen LogP contribution in [0.5, 0.6) is 5.75 Å². The molecule has 1 amide bonds. The molecule has 0 saturated heterocycles. The Balaban J connectivity index is 2.08. The number of carbonyl (C=O) groups excluding carboxylic acids is 1. The van der Waals surface area contributed by atoms with Gasteiger partial charge >= 0.3 is 5.97 Å². The van der Waals surface area contributed by atoms with Crippen molar-refractivity contribution in [2.24, 2.45) is 0 Å². The first-order valence-corrected chi connectivity index (χ1v) is 6.16. The minimum absolute atomic E-state index is 0.0314. The minimum Gasteiger partial charge on any atom is -0.508 e. The van der Waals surface area contributed by atoms with Gasteiger partial charge in [0.1, 0.15) is 5.75 Å². The maximum absolute atomic E-state index is 11.8. The summed E-state index contributed by atoms with van der Waals surface area (Å²) >= 11 is 0. The summed E-state index contributed by atoms with van der Waals surface area (Å²) in [5.74, 6) is -1.39. The maximum Gasteiger partial charge on any atom is 0.337 e. The van der Waals surface area contributed by atoms with Gasteiger partial charge in [-0.05, 0) is 35.9 Å². The molecule has 0 aliphatic rings. The van der Waals surface area contributed by atoms with E-state index < -0.39 is 11.9 Å². The molecule has 5 nitrogen and oxygen atoms in total. The number of rotatable bonds is 4. The molecule has 2 aromatic carbocycles. The van der Waals surface area contributed by atoms with Crippen LogP contribution in [0.2, 0.25) is 0 Å². The number of benzene rings is 2. The Bertz CT molecular complexity index is 690. The Morgan fingerprint density at radius 3 is 2.33 bits per heavy atom. The monoisotopic (exact) mass is 283 g/mol. The average molecular weight is 283 g/mol. The fraction of sp³-hybridized carbons (Fsp3) is 0. The summed E-state index contributed by atoms with van der Waals surface area (Å²) in [5.41, 5.74) is 1.02. The molecule has 0 unspecified atom stereocenters. The van der Waals surface area contributed by atoms with Crippen LogP contribution in [0.15, 0.2) is 54.6 Å². The number of aromatic carboxylic acids is 1. The van der Waals surface area contributed by atoms with Crippen molar-refractivity contribution in [1.29, 1.82) is 0 Å². The molecule has 3 N–H and O–H groups in total. The van der Waals surface area contributed by atoms with Crippen molar-refractivity contribution < 1.29 is 19.8 Å². The number of carboxylic acid groups (broad SMARTS) is 1. The number of hydrogen-bond donors (Lipinski definition) is 3. The van der Waals surface area contributed by atoms with Crippen LogP contribution in [0.25, 0.3) is 6.08 Å². The van der Waals surface area contributed by atoms with E-state index in [1.54, 1.807) is 30.3 Å². The molecule has 5 heteroatoms. The van der Waals surface area contributed by atoms with Gasteiger partial charge in [0.25, 0.3) is 0 Å². The first kappa shape index (κ1) is 14.3. The third-order valence-corrected chi connectivity index (χ3v) is 2.74. The van der Waals surface area contributed by atoms with E-state index in [4.69, 9.17) is 10.2 Å². The quantitative estimate of drug-likeness (QED) is 0.753. The lowest BCUT2D eigenvalue weighted by atomic mass is 10.1. The molecule has 0 radical (unpaired) electrons. The summed E-state index contributed by atoms with van der Waals surface area (Å²) in [6, 6.07) is 12.5. The molecule has 106 valence electrons. The first-order valence-electron chi connectivity index (χ1n) is 6.16. The largest absolute Gasteiger partial charge is 0.508 e. The number of carboxylic acids is 1. The van der Waals surface area contributed by atoms with Gasteiger partial charge in [-0.1, -0.05) is 24.3 Å². The Hall–Kier alpha value is -3.08. The number of anilines is 1. The summed E-state index contributed by atoms with van der Waals surface area (Å²) in [6.07, 6.45) is 2.86. The van der Waals surface area contributed by atoms with Crippen molar-refractivity contribution >= 4 is 23.6 Å². The van der Waals surface area contributed by atoms with Crippen LogP contribution >= 0.6 is 0 Å². The summed E-state index contributed by atoms with van der Waals surface area (Å²) in [6.45, 7) is 0. The smallest absolute Gasteiger partial charge is 0.337 e. The second-order valence-electron chi connectivity index (χ2n) is 4.26. The molecule has 0 aliphatic heterocycles. The van der Waals surface area contributed by atoms with Crippen LogP contribution in [-0.2, 0) is 4.79 Å². The highest BCUT2D eigenvalue weighted by atomic mass is 16.4. The van der Waals surface area contributed by atoms with E-state index in [9.17, 15) is 9.59 Å². The van der Waals surface area contributed by atoms with Crippen LogP contribution in [0.1, 0.15) is 15.9 Å². The van der Waals surface area contributed by atoms with Crippen LogP contribution in [0.3, 0.4) is 0 Å². The van der Waals surface area contributed by atoms with Crippen molar-refractivity contribution in [2.45, 2.75) is 0 Å². The van der Waals surface area contributed by atoms with Crippen molar-refractivity contribution in [2.75, 3.05) is 5.32 Å². The number of hydrogen-bond acceptors (Lipinski definition) is 3. The summed E-state index contributed by atoms with van der Waals surface area (Å²) in [7, 11) is 0. The van der Waals surface area contributed by atoms with E-state index in [0.29, 0.717) is 0 Å². The van der Waals surface area contributed by atoms with E-state index in [1.165, 1.54) is 30.3 Å². The summed E-state index contributed by atoms with van der Waals surface area (Å²) in [5, 5.41) is 20.7. The molecule has 0 atom stereocenters. The third-order valence-electron chi connectivity index (χ3n) is 2.74. The fourth-order valence-corrected chi connectivity index (χ4v) is 1.71. The first-order chi connectivity index (χ1) is 10.1. The lowest BCUT2D eigenvalue weighted by Crippen LogP contribution is -2.11. The Labute approximate surface area is 121 Å². The number of phenols is 1. The molecule has 2 rings (SSSR count). The zero-order valence-corrected chi connectivity index (χ0v) is 11.0. The topological polar surface area (TPSA) is 86.6 Å². The van der Waals surface area contributed by atoms with Gasteiger partial charge in [-0.25, -0.2) is 4.79 Å². The van der Waals surface area contributed by atoms with E-state index >= 15 is 0 Å². The molecule has 0 bridgehead atoms. The zero-order valence-electron chi connectivity index (χ0n) is 11.0. The Morgan fingerprint density at radius 1 is 1.00 bits per heavy atom. The number of phenolic OH excluding ortho intramolecular Hbond substituents is 1. The van der Waals surface area contributed by atoms with E-state index in [-0.39, 0.29) is 17.0 Å². The average Bonchev–Trinajstić information content (AvgIpc) is 2.47. The van der Waals surface area contributed by atoms with Crippen molar-refractivity contribution in [3.05, 3.63) is 65.7 Å². The van der Waals surface area contributed by atoms with Crippen LogP contribution in [0, 0.1) is 0 Å². The minimum atomic E-state index is -1.10. The predicted molar refractivity (Wildman–Crippen MR) is 79.2 cm³/mol. The molecule has 0 heterocycles. The second-order valence-corrected chi connectivity index (χ2v) is 4.26. The van der Waals surface area contributed by atoms with Gasteiger partial charge in [0.15, 0.2) is 0 Å². The molecule has 0 aliphatic carbocycles. The highest BCUT2D eigenvalue weighted by Crippen LogP contribution is 2.15. The van der Waals surface area contributed by atoms with Gasteiger partial charge in [0.05, 0.1) is 11.3 Å². The number of nitrogens with one attached hydrogen (secondary N) is 1. The second kappa shape index (κ2) is 6.38. The standard InChI is InChI=1S/C16H13NO4/c18-12-8-5-11(6-9-12)7-10-15(19)17-14-4-2-1-3-13(14)16(20)21/h1-10,18H,(H,17,19)(H,20,21)/b10-7+. The third kappa shape index (κ3) is 3.94.